The Balaban J connectivity index is 1.24. The van der Waals surface area contributed by atoms with E-state index in [-0.39, 0.29) is 16.6 Å². The number of aromatic amines is 1. The van der Waals surface area contributed by atoms with Crippen molar-refractivity contribution in [1.82, 2.24) is 25.1 Å². The first kappa shape index (κ1) is 25.0. The highest BCUT2D eigenvalue weighted by atomic mass is 32.2. The Morgan fingerprint density at radius 2 is 1.76 bits per heavy atom. The van der Waals surface area contributed by atoms with E-state index in [2.05, 4.69) is 20.2 Å². The maximum Gasteiger partial charge on any atom is 0.253 e. The van der Waals surface area contributed by atoms with Gasteiger partial charge in [0.25, 0.3) is 5.91 Å². The fourth-order valence-electron chi connectivity index (χ4n) is 4.91. The number of carbonyl (C=O) groups is 1. The second kappa shape index (κ2) is 9.68. The van der Waals surface area contributed by atoms with E-state index in [4.69, 9.17) is 0 Å². The number of hydrogen-bond acceptors (Lipinski definition) is 7. The highest BCUT2D eigenvalue weighted by molar-refractivity contribution is 7.90. The molecule has 0 spiro atoms. The summed E-state index contributed by atoms with van der Waals surface area (Å²) in [6.45, 7) is 4.77. The summed E-state index contributed by atoms with van der Waals surface area (Å²) in [5.41, 5.74) is 3.94. The standard InChI is InChI=1S/C27H29N5O4S/c1-18-22(19(2)31-30-18)16-27(34)10-14-32(15-11-27)26(33)21-8-6-20(7-9-21)17-37(35,36)24-5-3-4-23-25(24)29-13-12-28-23/h3-9,12-13,34H,10-11,14-17H2,1-2H3,(H,30,31). The van der Waals surface area contributed by atoms with Crippen LogP contribution in [0.25, 0.3) is 11.0 Å². The van der Waals surface area contributed by atoms with Crippen LogP contribution >= 0.6 is 0 Å². The molecule has 0 atom stereocenters. The number of piperidine rings is 1. The van der Waals surface area contributed by atoms with Crippen molar-refractivity contribution in [2.75, 3.05) is 13.1 Å². The normalized spacial score (nSPS) is 15.7. The van der Waals surface area contributed by atoms with Gasteiger partial charge >= 0.3 is 0 Å². The average Bonchev–Trinajstić information content (AvgIpc) is 3.20. The van der Waals surface area contributed by atoms with E-state index in [0.717, 1.165) is 17.0 Å². The topological polar surface area (TPSA) is 129 Å². The van der Waals surface area contributed by atoms with Crippen molar-refractivity contribution >= 4 is 26.8 Å². The van der Waals surface area contributed by atoms with Gasteiger partial charge in [0.15, 0.2) is 9.84 Å². The molecular weight excluding hydrogens is 490 g/mol. The molecule has 4 aromatic rings. The summed E-state index contributed by atoms with van der Waals surface area (Å²) in [4.78, 5) is 23.4. The number of aryl methyl sites for hydroxylation is 2. The number of nitrogens with zero attached hydrogens (tertiary/aromatic N) is 4. The van der Waals surface area contributed by atoms with Crippen molar-refractivity contribution in [3.05, 3.63) is 82.9 Å². The molecule has 1 fully saturated rings. The first-order valence-electron chi connectivity index (χ1n) is 12.2. The molecular formula is C27H29N5O4S. The summed E-state index contributed by atoms with van der Waals surface area (Å²) in [7, 11) is -3.67. The van der Waals surface area contributed by atoms with Crippen LogP contribution < -0.4 is 0 Å². The van der Waals surface area contributed by atoms with Gasteiger partial charge in [-0.05, 0) is 62.1 Å². The zero-order valence-corrected chi connectivity index (χ0v) is 21.6. The molecule has 1 saturated heterocycles. The van der Waals surface area contributed by atoms with Crippen molar-refractivity contribution in [3.8, 4) is 0 Å². The second-order valence-corrected chi connectivity index (χ2v) is 11.7. The molecule has 0 aliphatic carbocycles. The van der Waals surface area contributed by atoms with E-state index in [1.807, 2.05) is 13.8 Å². The smallest absolute Gasteiger partial charge is 0.253 e. The third kappa shape index (κ3) is 5.12. The molecule has 10 heteroatoms. The minimum atomic E-state index is -3.67. The van der Waals surface area contributed by atoms with Gasteiger partial charge in [-0.3, -0.25) is 19.9 Å². The lowest BCUT2D eigenvalue weighted by atomic mass is 9.84. The molecule has 9 nitrogen and oxygen atoms in total. The largest absolute Gasteiger partial charge is 0.389 e. The van der Waals surface area contributed by atoms with E-state index < -0.39 is 15.4 Å². The number of amides is 1. The van der Waals surface area contributed by atoms with Gasteiger partial charge in [-0.25, -0.2) is 8.42 Å². The maximum atomic E-state index is 13.1. The fraction of sp³-hybridized carbons (Fsp3) is 0.333. The van der Waals surface area contributed by atoms with Gasteiger partial charge < -0.3 is 10.0 Å². The van der Waals surface area contributed by atoms with Crippen LogP contribution in [0.4, 0.5) is 0 Å². The molecule has 192 valence electrons. The number of benzene rings is 2. The van der Waals surface area contributed by atoms with E-state index in [1.165, 1.54) is 18.5 Å². The zero-order valence-electron chi connectivity index (χ0n) is 20.8. The van der Waals surface area contributed by atoms with E-state index in [0.29, 0.717) is 54.5 Å². The number of nitrogens with one attached hydrogen (secondary N) is 1. The van der Waals surface area contributed by atoms with E-state index in [9.17, 15) is 18.3 Å². The molecule has 0 saturated carbocycles. The zero-order chi connectivity index (χ0) is 26.2. The Labute approximate surface area is 215 Å². The van der Waals surface area contributed by atoms with Gasteiger partial charge in [0, 0.05) is 43.2 Å². The van der Waals surface area contributed by atoms with Crippen LogP contribution in [0, 0.1) is 13.8 Å². The third-order valence-electron chi connectivity index (χ3n) is 7.12. The highest BCUT2D eigenvalue weighted by Crippen LogP contribution is 2.29. The van der Waals surface area contributed by atoms with Gasteiger partial charge in [0.2, 0.25) is 0 Å². The number of H-pyrrole nitrogens is 1. The number of rotatable bonds is 6. The quantitative estimate of drug-likeness (QED) is 0.400. The van der Waals surface area contributed by atoms with E-state index >= 15 is 0 Å². The summed E-state index contributed by atoms with van der Waals surface area (Å²) in [6, 6.07) is 11.6. The highest BCUT2D eigenvalue weighted by Gasteiger charge is 2.35. The Hall–Kier alpha value is -3.63. The number of carbonyl (C=O) groups excluding carboxylic acids is 1. The van der Waals surface area contributed by atoms with E-state index in [1.54, 1.807) is 41.3 Å². The molecule has 1 aliphatic heterocycles. The van der Waals surface area contributed by atoms with Crippen LogP contribution in [-0.4, -0.2) is 63.2 Å². The van der Waals surface area contributed by atoms with Crippen molar-refractivity contribution in [2.45, 2.75) is 49.4 Å². The first-order chi connectivity index (χ1) is 17.7. The van der Waals surface area contributed by atoms with Crippen molar-refractivity contribution in [1.29, 1.82) is 0 Å². The van der Waals surface area contributed by atoms with Gasteiger partial charge in [-0.15, -0.1) is 0 Å². The fourth-order valence-corrected chi connectivity index (χ4v) is 6.43. The summed E-state index contributed by atoms with van der Waals surface area (Å²) < 4.78 is 26.3. The molecule has 0 radical (unpaired) electrons. The number of hydrogen-bond donors (Lipinski definition) is 2. The molecule has 3 heterocycles. The number of para-hydroxylation sites is 1. The van der Waals surface area contributed by atoms with Gasteiger partial charge in [0.05, 0.1) is 27.5 Å². The molecule has 2 aromatic heterocycles. The summed E-state index contributed by atoms with van der Waals surface area (Å²) in [5, 5.41) is 18.3. The van der Waals surface area contributed by atoms with Crippen molar-refractivity contribution in [3.63, 3.8) is 0 Å². The van der Waals surface area contributed by atoms with Gasteiger partial charge in [-0.2, -0.15) is 5.10 Å². The predicted octanol–water partition coefficient (Wildman–Crippen LogP) is 3.15. The molecule has 1 aliphatic rings. The van der Waals surface area contributed by atoms with Crippen LogP contribution in [-0.2, 0) is 22.0 Å². The summed E-state index contributed by atoms with van der Waals surface area (Å²) >= 11 is 0. The first-order valence-corrected chi connectivity index (χ1v) is 13.8. The van der Waals surface area contributed by atoms with Crippen molar-refractivity contribution < 1.29 is 18.3 Å². The van der Waals surface area contributed by atoms with Crippen LogP contribution in [0.5, 0.6) is 0 Å². The van der Waals surface area contributed by atoms with Gasteiger partial charge in [0.1, 0.15) is 5.52 Å². The molecule has 2 N–H and O–H groups in total. The molecule has 0 bridgehead atoms. The number of fused-ring (bicyclic) bond motifs is 1. The predicted molar refractivity (Wildman–Crippen MR) is 139 cm³/mol. The Morgan fingerprint density at radius 1 is 1.05 bits per heavy atom. The van der Waals surface area contributed by atoms with Crippen LogP contribution in [0.3, 0.4) is 0 Å². The molecule has 0 unspecified atom stereocenters. The number of likely N-dealkylation sites (tertiary alicyclic amines) is 1. The second-order valence-electron chi connectivity index (χ2n) is 9.74. The average molecular weight is 520 g/mol. The Kier molecular flexibility index (Phi) is 6.55. The lowest BCUT2D eigenvalue weighted by Crippen LogP contribution is -2.47. The SMILES string of the molecule is Cc1n[nH]c(C)c1CC1(O)CCN(C(=O)c2ccc(CS(=O)(=O)c3cccc4nccnc34)cc2)CC1. The Morgan fingerprint density at radius 3 is 2.43 bits per heavy atom. The molecule has 2 aromatic carbocycles. The minimum absolute atomic E-state index is 0.128. The molecule has 37 heavy (non-hydrogen) atoms. The van der Waals surface area contributed by atoms with Crippen LogP contribution in [0.1, 0.15) is 45.7 Å². The lowest BCUT2D eigenvalue weighted by molar-refractivity contribution is -0.0164. The van der Waals surface area contributed by atoms with Crippen LogP contribution in [0.15, 0.2) is 59.8 Å². The number of aliphatic hydroxyl groups is 1. The summed E-state index contributed by atoms with van der Waals surface area (Å²) in [6.07, 6.45) is 4.47. The number of sulfone groups is 1. The minimum Gasteiger partial charge on any atom is -0.389 e. The third-order valence-corrected chi connectivity index (χ3v) is 8.84. The number of aromatic nitrogens is 4. The monoisotopic (exact) mass is 519 g/mol. The lowest BCUT2D eigenvalue weighted by Gasteiger charge is -2.38. The van der Waals surface area contributed by atoms with Crippen molar-refractivity contribution in [2.24, 2.45) is 0 Å². The van der Waals surface area contributed by atoms with Crippen LogP contribution in [0.2, 0.25) is 0 Å². The summed E-state index contributed by atoms with van der Waals surface area (Å²) in [5.74, 6) is -0.336. The molecule has 5 rings (SSSR count). The Bertz CT molecular complexity index is 1530. The maximum absolute atomic E-state index is 13.1. The van der Waals surface area contributed by atoms with Gasteiger partial charge in [-0.1, -0.05) is 18.2 Å². The molecule has 1 amide bonds.